The van der Waals surface area contributed by atoms with Gasteiger partial charge in [0.1, 0.15) is 5.75 Å². The molecule has 0 aliphatic carbocycles. The molecule has 0 aliphatic heterocycles. The average molecular weight is 315 g/mol. The van der Waals surface area contributed by atoms with Crippen molar-refractivity contribution in [3.05, 3.63) is 22.7 Å². The lowest BCUT2D eigenvalue weighted by Gasteiger charge is -2.14. The van der Waals surface area contributed by atoms with E-state index in [9.17, 15) is 4.79 Å². The number of hydrogen-bond acceptors (Lipinski definition) is 3. The Morgan fingerprint density at radius 3 is 2.72 bits per heavy atom. The summed E-state index contributed by atoms with van der Waals surface area (Å²) < 4.78 is 6.00. The van der Waals surface area contributed by atoms with Crippen molar-refractivity contribution >= 4 is 27.5 Å². The number of carbonyl (C=O) groups excluding carboxylic acids is 1. The summed E-state index contributed by atoms with van der Waals surface area (Å²) in [6.07, 6.45) is 0.666. The number of anilines is 1. The highest BCUT2D eigenvalue weighted by Crippen LogP contribution is 2.27. The third-order valence-corrected chi connectivity index (χ3v) is 3.14. The van der Waals surface area contributed by atoms with Gasteiger partial charge in [-0.3, -0.25) is 4.79 Å². The number of hydrogen-bond donors (Lipinski definition) is 2. The highest BCUT2D eigenvalue weighted by atomic mass is 79.9. The fourth-order valence-corrected chi connectivity index (χ4v) is 2.00. The van der Waals surface area contributed by atoms with E-state index in [1.807, 2.05) is 19.9 Å². The molecular formula is C13H19BrN2O2. The van der Waals surface area contributed by atoms with Gasteiger partial charge in [-0.1, -0.05) is 13.8 Å². The quantitative estimate of drug-likeness (QED) is 0.878. The van der Waals surface area contributed by atoms with E-state index in [1.165, 1.54) is 0 Å². The molecule has 0 fully saturated rings. The number of amides is 1. The molecule has 0 saturated heterocycles. The van der Waals surface area contributed by atoms with Crippen molar-refractivity contribution in [1.82, 2.24) is 0 Å². The van der Waals surface area contributed by atoms with Crippen LogP contribution in [-0.4, -0.2) is 19.1 Å². The molecule has 0 heterocycles. The Balaban J connectivity index is 2.70. The van der Waals surface area contributed by atoms with Crippen LogP contribution >= 0.6 is 15.9 Å². The molecule has 5 heteroatoms. The minimum atomic E-state index is -0.486. The molecule has 3 N–H and O–H groups in total. The Labute approximate surface area is 116 Å². The van der Waals surface area contributed by atoms with E-state index in [0.717, 1.165) is 4.47 Å². The van der Waals surface area contributed by atoms with Crippen molar-refractivity contribution in [2.24, 2.45) is 11.7 Å². The van der Waals surface area contributed by atoms with Gasteiger partial charge in [-0.15, -0.1) is 0 Å². The number of ether oxygens (including phenoxy) is 1. The number of rotatable bonds is 5. The molecule has 0 aliphatic rings. The lowest BCUT2D eigenvalue weighted by molar-refractivity contribution is -0.117. The number of benzene rings is 1. The van der Waals surface area contributed by atoms with Crippen molar-refractivity contribution < 1.29 is 9.53 Å². The smallest absolute Gasteiger partial charge is 0.241 e. The van der Waals surface area contributed by atoms with Crippen LogP contribution in [0.4, 0.5) is 5.69 Å². The summed E-state index contributed by atoms with van der Waals surface area (Å²) in [6, 6.07) is 4.89. The molecule has 18 heavy (non-hydrogen) atoms. The molecule has 0 bridgehead atoms. The standard InChI is InChI=1S/C13H19BrN2O2/c1-8(2)6-11(15)13(17)16-9-4-5-10(14)12(7-9)18-3/h4-5,7-8,11H,6,15H2,1-3H3,(H,16,17)/t11-/m0/s1. The maximum Gasteiger partial charge on any atom is 0.241 e. The van der Waals surface area contributed by atoms with Crippen LogP contribution in [0.5, 0.6) is 5.75 Å². The molecule has 0 saturated carbocycles. The fraction of sp³-hybridized carbons (Fsp3) is 0.462. The van der Waals surface area contributed by atoms with Gasteiger partial charge >= 0.3 is 0 Å². The second-order valence-corrected chi connectivity index (χ2v) is 5.43. The minimum Gasteiger partial charge on any atom is -0.495 e. The first-order valence-electron chi connectivity index (χ1n) is 5.84. The first-order valence-corrected chi connectivity index (χ1v) is 6.63. The average Bonchev–Trinajstić information content (AvgIpc) is 2.30. The Morgan fingerprint density at radius 1 is 1.50 bits per heavy atom. The predicted molar refractivity (Wildman–Crippen MR) is 76.8 cm³/mol. The van der Waals surface area contributed by atoms with E-state index in [0.29, 0.717) is 23.8 Å². The summed E-state index contributed by atoms with van der Waals surface area (Å²) in [5.41, 5.74) is 6.49. The van der Waals surface area contributed by atoms with E-state index < -0.39 is 6.04 Å². The molecule has 0 radical (unpaired) electrons. The summed E-state index contributed by atoms with van der Waals surface area (Å²) in [7, 11) is 1.58. The predicted octanol–water partition coefficient (Wildman–Crippen LogP) is 2.77. The summed E-state index contributed by atoms with van der Waals surface area (Å²) in [5, 5.41) is 2.78. The van der Waals surface area contributed by atoms with Crippen LogP contribution in [0.25, 0.3) is 0 Å². The Morgan fingerprint density at radius 2 is 2.17 bits per heavy atom. The number of carbonyl (C=O) groups is 1. The largest absolute Gasteiger partial charge is 0.495 e. The molecule has 1 aromatic carbocycles. The van der Waals surface area contributed by atoms with Gasteiger partial charge in [-0.2, -0.15) is 0 Å². The normalized spacial score (nSPS) is 12.3. The second kappa shape index (κ2) is 6.75. The SMILES string of the molecule is COc1cc(NC(=O)[C@@H](N)CC(C)C)ccc1Br. The van der Waals surface area contributed by atoms with E-state index in [4.69, 9.17) is 10.5 Å². The fourth-order valence-electron chi connectivity index (χ4n) is 1.59. The second-order valence-electron chi connectivity index (χ2n) is 4.57. The Bertz CT molecular complexity index is 421. The van der Waals surface area contributed by atoms with Gasteiger partial charge in [0, 0.05) is 11.8 Å². The zero-order valence-corrected chi connectivity index (χ0v) is 12.5. The molecule has 0 aromatic heterocycles. The number of nitrogens with one attached hydrogen (secondary N) is 1. The van der Waals surface area contributed by atoms with Crippen LogP contribution in [0.1, 0.15) is 20.3 Å². The van der Waals surface area contributed by atoms with Crippen molar-refractivity contribution in [3.8, 4) is 5.75 Å². The first kappa shape index (κ1) is 15.0. The van der Waals surface area contributed by atoms with Crippen molar-refractivity contribution in [2.45, 2.75) is 26.3 Å². The molecular weight excluding hydrogens is 296 g/mol. The topological polar surface area (TPSA) is 64.3 Å². The zero-order chi connectivity index (χ0) is 13.7. The van der Waals surface area contributed by atoms with Crippen LogP contribution < -0.4 is 15.8 Å². The minimum absolute atomic E-state index is 0.173. The lowest BCUT2D eigenvalue weighted by atomic mass is 10.0. The highest BCUT2D eigenvalue weighted by molar-refractivity contribution is 9.10. The van der Waals surface area contributed by atoms with Crippen LogP contribution in [0, 0.1) is 5.92 Å². The van der Waals surface area contributed by atoms with Crippen LogP contribution in [0.2, 0.25) is 0 Å². The monoisotopic (exact) mass is 314 g/mol. The zero-order valence-electron chi connectivity index (χ0n) is 10.9. The molecule has 0 unspecified atom stereocenters. The van der Waals surface area contributed by atoms with Gasteiger partial charge in [0.15, 0.2) is 0 Å². The maximum atomic E-state index is 11.8. The maximum absolute atomic E-state index is 11.8. The van der Waals surface area contributed by atoms with E-state index in [2.05, 4.69) is 21.2 Å². The third-order valence-electron chi connectivity index (χ3n) is 2.48. The molecule has 1 rings (SSSR count). The van der Waals surface area contributed by atoms with Gasteiger partial charge in [0.05, 0.1) is 17.6 Å². The van der Waals surface area contributed by atoms with Gasteiger partial charge in [-0.25, -0.2) is 0 Å². The number of nitrogens with two attached hydrogens (primary N) is 1. The van der Waals surface area contributed by atoms with Gasteiger partial charge in [0.25, 0.3) is 0 Å². The van der Waals surface area contributed by atoms with Crippen LogP contribution in [0.3, 0.4) is 0 Å². The lowest BCUT2D eigenvalue weighted by Crippen LogP contribution is -2.36. The molecule has 1 aromatic rings. The van der Waals surface area contributed by atoms with Crippen LogP contribution in [0.15, 0.2) is 22.7 Å². The van der Waals surface area contributed by atoms with E-state index in [1.54, 1.807) is 19.2 Å². The number of methoxy groups -OCH3 is 1. The molecule has 4 nitrogen and oxygen atoms in total. The van der Waals surface area contributed by atoms with Gasteiger partial charge in [-0.05, 0) is 40.4 Å². The molecule has 0 spiro atoms. The van der Waals surface area contributed by atoms with Crippen molar-refractivity contribution in [2.75, 3.05) is 12.4 Å². The molecule has 100 valence electrons. The number of halogens is 1. The Hall–Kier alpha value is -1.07. The van der Waals surface area contributed by atoms with Crippen molar-refractivity contribution in [3.63, 3.8) is 0 Å². The van der Waals surface area contributed by atoms with E-state index >= 15 is 0 Å². The molecule has 1 amide bonds. The summed E-state index contributed by atoms with van der Waals surface area (Å²) in [6.45, 7) is 4.07. The summed E-state index contributed by atoms with van der Waals surface area (Å²) >= 11 is 3.36. The highest BCUT2D eigenvalue weighted by Gasteiger charge is 2.15. The summed E-state index contributed by atoms with van der Waals surface area (Å²) in [4.78, 5) is 11.8. The Kier molecular flexibility index (Phi) is 5.62. The van der Waals surface area contributed by atoms with Crippen molar-refractivity contribution in [1.29, 1.82) is 0 Å². The van der Waals surface area contributed by atoms with Crippen LogP contribution in [-0.2, 0) is 4.79 Å². The third kappa shape index (κ3) is 4.31. The van der Waals surface area contributed by atoms with Gasteiger partial charge < -0.3 is 15.8 Å². The van der Waals surface area contributed by atoms with Gasteiger partial charge in [0.2, 0.25) is 5.91 Å². The first-order chi connectivity index (χ1) is 8.43. The van der Waals surface area contributed by atoms with E-state index in [-0.39, 0.29) is 5.91 Å². The molecule has 1 atom stereocenters. The summed E-state index contributed by atoms with van der Waals surface area (Å²) in [5.74, 6) is 0.892.